The third-order valence-electron chi connectivity index (χ3n) is 7.25. The van der Waals surface area contributed by atoms with Gasteiger partial charge in [-0.2, -0.15) is 0 Å². The Bertz CT molecular complexity index is 570. The lowest BCUT2D eigenvalue weighted by molar-refractivity contribution is -0.120. The molecule has 2 saturated carbocycles. The molecule has 0 heterocycles. The molecule has 0 spiro atoms. The lowest BCUT2D eigenvalue weighted by Gasteiger charge is -2.47. The van der Waals surface area contributed by atoms with Gasteiger partial charge in [0.05, 0.1) is 6.61 Å². The quantitative estimate of drug-likeness (QED) is 0.744. The normalized spacial score (nSPS) is 39.7. The highest BCUT2D eigenvalue weighted by molar-refractivity contribution is 5.95. The summed E-state index contributed by atoms with van der Waals surface area (Å²) in [6.45, 7) is 5.85. The summed E-state index contributed by atoms with van der Waals surface area (Å²) in [6.07, 6.45) is 12.3. The van der Waals surface area contributed by atoms with Crippen LogP contribution in [-0.4, -0.2) is 19.0 Å². The Morgan fingerprint density at radius 3 is 2.96 bits per heavy atom. The third kappa shape index (κ3) is 2.54. The molecule has 2 heteroatoms. The molecule has 0 aromatic rings. The summed E-state index contributed by atoms with van der Waals surface area (Å²) in [4.78, 5) is 12.4. The second kappa shape index (κ2) is 5.88. The first-order valence-electron chi connectivity index (χ1n) is 9.67. The second-order valence-corrected chi connectivity index (χ2v) is 8.43. The molecule has 126 valence electrons. The summed E-state index contributed by atoms with van der Waals surface area (Å²) >= 11 is 0. The van der Waals surface area contributed by atoms with Gasteiger partial charge in [-0.3, -0.25) is 4.79 Å². The van der Waals surface area contributed by atoms with Crippen LogP contribution in [0.15, 0.2) is 22.8 Å². The maximum atomic E-state index is 12.4. The van der Waals surface area contributed by atoms with Crippen molar-refractivity contribution in [3.8, 4) is 0 Å². The molecule has 0 radical (unpaired) electrons. The van der Waals surface area contributed by atoms with Gasteiger partial charge in [0.1, 0.15) is 0 Å². The zero-order valence-electron chi connectivity index (χ0n) is 14.7. The van der Waals surface area contributed by atoms with Gasteiger partial charge in [0.15, 0.2) is 5.78 Å². The maximum absolute atomic E-state index is 12.4. The largest absolute Gasteiger partial charge is 0.381 e. The Hall–Kier alpha value is -0.890. The van der Waals surface area contributed by atoms with Crippen molar-refractivity contribution >= 4 is 5.78 Å². The minimum absolute atomic E-state index is 0.0665. The molecule has 1 unspecified atom stereocenters. The van der Waals surface area contributed by atoms with Crippen molar-refractivity contribution < 1.29 is 9.53 Å². The summed E-state index contributed by atoms with van der Waals surface area (Å²) in [6, 6.07) is 0. The van der Waals surface area contributed by atoms with Crippen LogP contribution in [0.1, 0.15) is 65.2 Å². The lowest BCUT2D eigenvalue weighted by atomic mass is 9.57. The molecule has 0 aliphatic heterocycles. The molecule has 0 bridgehead atoms. The first-order chi connectivity index (χ1) is 11.1. The van der Waals surface area contributed by atoms with Crippen molar-refractivity contribution in [2.45, 2.75) is 65.2 Å². The number of fused-ring (bicyclic) bond motifs is 4. The van der Waals surface area contributed by atoms with Crippen molar-refractivity contribution in [1.82, 2.24) is 0 Å². The second-order valence-electron chi connectivity index (χ2n) is 8.43. The number of hydrogen-bond acceptors (Lipinski definition) is 2. The molecule has 4 atom stereocenters. The van der Waals surface area contributed by atoms with Crippen LogP contribution < -0.4 is 0 Å². The molecule has 23 heavy (non-hydrogen) atoms. The van der Waals surface area contributed by atoms with Crippen LogP contribution in [0.3, 0.4) is 0 Å². The smallest absolute Gasteiger partial charge is 0.161 e. The van der Waals surface area contributed by atoms with Crippen molar-refractivity contribution in [2.75, 3.05) is 13.2 Å². The maximum Gasteiger partial charge on any atom is 0.161 e. The van der Waals surface area contributed by atoms with Gasteiger partial charge in [0.2, 0.25) is 0 Å². The van der Waals surface area contributed by atoms with Gasteiger partial charge in [-0.15, -0.1) is 0 Å². The van der Waals surface area contributed by atoms with E-state index < -0.39 is 0 Å². The predicted molar refractivity (Wildman–Crippen MR) is 92.1 cm³/mol. The van der Waals surface area contributed by atoms with Crippen LogP contribution >= 0.6 is 0 Å². The van der Waals surface area contributed by atoms with Gasteiger partial charge in [0.25, 0.3) is 0 Å². The zero-order chi connectivity index (χ0) is 16.0. The van der Waals surface area contributed by atoms with E-state index in [2.05, 4.69) is 6.92 Å². The van der Waals surface area contributed by atoms with E-state index in [-0.39, 0.29) is 5.92 Å². The van der Waals surface area contributed by atoms with E-state index in [9.17, 15) is 4.79 Å². The van der Waals surface area contributed by atoms with Gasteiger partial charge in [-0.1, -0.05) is 18.9 Å². The summed E-state index contributed by atoms with van der Waals surface area (Å²) in [5.74, 6) is 2.09. The molecule has 2 fully saturated rings. The fraction of sp³-hybridized carbons (Fsp3) is 0.762. The van der Waals surface area contributed by atoms with Crippen molar-refractivity contribution in [3.05, 3.63) is 22.8 Å². The van der Waals surface area contributed by atoms with Gasteiger partial charge < -0.3 is 4.74 Å². The van der Waals surface area contributed by atoms with Crippen LogP contribution in [0.25, 0.3) is 0 Å². The Kier molecular flexibility index (Phi) is 3.99. The number of allylic oxidation sites excluding steroid dienone is 4. The minimum Gasteiger partial charge on any atom is -0.381 e. The molecule has 0 aromatic carbocycles. The number of rotatable bonds is 3. The monoisotopic (exact) mass is 314 g/mol. The van der Waals surface area contributed by atoms with Gasteiger partial charge in [0, 0.05) is 12.5 Å². The fourth-order valence-corrected chi connectivity index (χ4v) is 5.98. The molecule has 4 aliphatic rings. The minimum atomic E-state index is 0.0665. The third-order valence-corrected chi connectivity index (χ3v) is 7.25. The zero-order valence-corrected chi connectivity index (χ0v) is 14.7. The molecule has 0 aromatic heterocycles. The van der Waals surface area contributed by atoms with E-state index >= 15 is 0 Å². The van der Waals surface area contributed by atoms with Crippen molar-refractivity contribution in [2.24, 2.45) is 23.2 Å². The number of ether oxygens (including phenoxy) is 1. The van der Waals surface area contributed by atoms with E-state index in [0.29, 0.717) is 24.4 Å². The first-order valence-corrected chi connectivity index (χ1v) is 9.67. The molecule has 2 nitrogen and oxygen atoms in total. The van der Waals surface area contributed by atoms with Crippen molar-refractivity contribution in [3.63, 3.8) is 0 Å². The SMILES string of the molecule is CCOCC1CC2=C3CC[C@]4(C)CCC[C@H]4[C@@H]3CCC2=CC1=O. The average molecular weight is 314 g/mol. The van der Waals surface area contributed by atoms with E-state index in [1.807, 2.05) is 13.0 Å². The summed E-state index contributed by atoms with van der Waals surface area (Å²) < 4.78 is 5.57. The van der Waals surface area contributed by atoms with Crippen LogP contribution in [0.5, 0.6) is 0 Å². The number of hydrogen-bond donors (Lipinski definition) is 0. The topological polar surface area (TPSA) is 26.3 Å². The van der Waals surface area contributed by atoms with E-state index in [1.165, 1.54) is 44.1 Å². The molecular formula is C21H30O2. The highest BCUT2D eigenvalue weighted by Gasteiger charge is 2.49. The highest BCUT2D eigenvalue weighted by Crippen LogP contribution is 2.60. The number of carbonyl (C=O) groups is 1. The highest BCUT2D eigenvalue weighted by atomic mass is 16.5. The predicted octanol–water partition coefficient (Wildman–Crippen LogP) is 4.85. The van der Waals surface area contributed by atoms with E-state index in [1.54, 1.807) is 11.1 Å². The first kappa shape index (κ1) is 15.6. The van der Waals surface area contributed by atoms with Crippen LogP contribution in [0, 0.1) is 23.2 Å². The molecule has 4 aliphatic carbocycles. The number of carbonyl (C=O) groups excluding carboxylic acids is 1. The van der Waals surface area contributed by atoms with Gasteiger partial charge in [-0.05, 0) is 86.3 Å². The lowest BCUT2D eigenvalue weighted by Crippen LogP contribution is -2.37. The van der Waals surface area contributed by atoms with Gasteiger partial charge in [-0.25, -0.2) is 0 Å². The fourth-order valence-electron chi connectivity index (χ4n) is 5.98. The standard InChI is InChI=1S/C21H30O2/c1-3-23-13-15-11-18-14(12-20(15)22)6-7-17-16(18)8-10-21(2)9-4-5-19(17)21/h12,15,17,19H,3-11,13H2,1-2H3/t15?,17-,19+,21+/m1/s1. The van der Waals surface area contributed by atoms with E-state index in [4.69, 9.17) is 4.74 Å². The number of ketones is 1. The molecule has 0 saturated heterocycles. The molecular weight excluding hydrogens is 284 g/mol. The van der Waals surface area contributed by atoms with Gasteiger partial charge >= 0.3 is 0 Å². The summed E-state index contributed by atoms with van der Waals surface area (Å²) in [5, 5.41) is 0. The Labute approximate surface area is 140 Å². The summed E-state index contributed by atoms with van der Waals surface area (Å²) in [5.41, 5.74) is 5.28. The molecule has 4 rings (SSSR count). The average Bonchev–Trinajstić information content (AvgIpc) is 2.94. The Balaban J connectivity index is 1.65. The Morgan fingerprint density at radius 1 is 1.26 bits per heavy atom. The van der Waals surface area contributed by atoms with Crippen LogP contribution in [0.2, 0.25) is 0 Å². The Morgan fingerprint density at radius 2 is 2.13 bits per heavy atom. The molecule has 0 amide bonds. The van der Waals surface area contributed by atoms with Crippen LogP contribution in [0.4, 0.5) is 0 Å². The van der Waals surface area contributed by atoms with Crippen molar-refractivity contribution in [1.29, 1.82) is 0 Å². The molecule has 0 N–H and O–H groups in total. The van der Waals surface area contributed by atoms with Crippen LogP contribution in [-0.2, 0) is 9.53 Å². The summed E-state index contributed by atoms with van der Waals surface area (Å²) in [7, 11) is 0. The van der Waals surface area contributed by atoms with E-state index in [0.717, 1.165) is 24.7 Å².